The second-order valence-electron chi connectivity index (χ2n) is 8.54. The maximum Gasteiger partial charge on any atom is 0.311 e. The maximum atomic E-state index is 12.5. The molecule has 0 spiro atoms. The quantitative estimate of drug-likeness (QED) is 0.375. The van der Waals surface area contributed by atoms with Crippen molar-refractivity contribution in [1.82, 2.24) is 5.32 Å². The summed E-state index contributed by atoms with van der Waals surface area (Å²) < 4.78 is 0. The number of rotatable bonds is 6. The topological polar surface area (TPSA) is 145 Å². The fourth-order valence-corrected chi connectivity index (χ4v) is 4.14. The molecule has 2 rings (SSSR count). The van der Waals surface area contributed by atoms with Crippen LogP contribution in [0, 0.1) is 19.3 Å². The number of nitrogens with one attached hydrogen (secondary N) is 2. The normalized spacial score (nSPS) is 17.9. The Morgan fingerprint density at radius 3 is 1.86 bits per heavy atom. The zero-order chi connectivity index (χ0) is 22.1. The Kier molecular flexibility index (Phi) is 33.8. The number of carbonyl (C=O) groups excluding carboxylic acids is 2. The third-order valence-corrected chi connectivity index (χ3v) is 5.66. The van der Waals surface area contributed by atoms with Crippen LogP contribution >= 0.6 is 0 Å². The molecule has 4 unspecified atom stereocenters. The molecule has 0 bridgehead atoms. The van der Waals surface area contributed by atoms with Crippen LogP contribution in [0.2, 0.25) is 0 Å². The summed E-state index contributed by atoms with van der Waals surface area (Å²) in [5, 5.41) is 21.6. The van der Waals surface area contributed by atoms with Gasteiger partial charge in [0.2, 0.25) is 5.91 Å². The van der Waals surface area contributed by atoms with Gasteiger partial charge < -0.3 is 33.5 Å². The number of carboxylic acids is 2. The standard InChI is InChI=1S/C21H28N2O6.CH3.6Y/c1-21(2,3)10-5-6-11-12(14(18(22)26)9-16(24)25)8-15(19(27)23-4)17(20(28)29)13(11)7-10;;;;;;;/h5-7,12,14-15,17H,8-9H2,1-4H3,(H5,22,23,24,25,26,27,28,29);1H3;;;;;;/q;-1;;;;;;/p-1. The molecule has 0 aliphatic heterocycles. The molecular weight excluding hydrogens is 922 g/mol. The van der Waals surface area contributed by atoms with Crippen molar-refractivity contribution in [2.24, 2.45) is 11.8 Å². The first kappa shape index (κ1) is 52.4. The van der Waals surface area contributed by atoms with E-state index in [-0.39, 0.29) is 216 Å². The molecule has 1 aromatic rings. The molecule has 1 aliphatic carbocycles. The number of fused-ring (bicyclic) bond motifs is 1. The molecule has 36 heavy (non-hydrogen) atoms. The van der Waals surface area contributed by atoms with E-state index in [1.54, 1.807) is 12.1 Å². The molecule has 184 valence electrons. The molecule has 8 nitrogen and oxygen atoms in total. The van der Waals surface area contributed by atoms with E-state index in [2.05, 4.69) is 5.32 Å². The molecule has 0 fully saturated rings. The fourth-order valence-electron chi connectivity index (χ4n) is 4.14. The summed E-state index contributed by atoms with van der Waals surface area (Å²) in [7, 11) is 1.40. The van der Waals surface area contributed by atoms with Crippen LogP contribution in [0.1, 0.15) is 62.1 Å². The number of aliphatic carboxylic acids is 2. The van der Waals surface area contributed by atoms with Crippen LogP contribution in [0.5, 0.6) is 0 Å². The van der Waals surface area contributed by atoms with Crippen molar-refractivity contribution in [3.63, 3.8) is 0 Å². The van der Waals surface area contributed by atoms with Gasteiger partial charge in [0.1, 0.15) is 0 Å². The molecule has 6 radical (unpaired) electrons. The van der Waals surface area contributed by atoms with Gasteiger partial charge in [-0.1, -0.05) is 39.0 Å². The van der Waals surface area contributed by atoms with Gasteiger partial charge in [-0.15, -0.1) is 0 Å². The van der Waals surface area contributed by atoms with Crippen molar-refractivity contribution in [2.75, 3.05) is 7.05 Å². The minimum Gasteiger partial charge on any atom is -0.667 e. The Bertz CT molecular complexity index is 866. The van der Waals surface area contributed by atoms with Gasteiger partial charge in [0.15, 0.2) is 0 Å². The minimum absolute atomic E-state index is 0. The van der Waals surface area contributed by atoms with Crippen LogP contribution in [0.25, 0.3) is 5.73 Å². The van der Waals surface area contributed by atoms with E-state index in [1.165, 1.54) is 7.05 Å². The van der Waals surface area contributed by atoms with E-state index >= 15 is 0 Å². The number of carboxylic acid groups (broad SMARTS) is 2. The Balaban J connectivity index is -0.000000321. The average molecular weight is 952 g/mol. The molecule has 0 saturated heterocycles. The first-order chi connectivity index (χ1) is 13.4. The van der Waals surface area contributed by atoms with Crippen molar-refractivity contribution in [1.29, 1.82) is 0 Å². The Morgan fingerprint density at radius 1 is 1.00 bits per heavy atom. The number of amides is 2. The largest absolute Gasteiger partial charge is 0.667 e. The van der Waals surface area contributed by atoms with Gasteiger partial charge in [-0.2, -0.15) is 0 Å². The molecule has 1 aromatic carbocycles. The number of benzene rings is 1. The van der Waals surface area contributed by atoms with E-state index < -0.39 is 53.8 Å². The predicted octanol–water partition coefficient (Wildman–Crippen LogP) is 3.11. The zero-order valence-electron chi connectivity index (χ0n) is 21.4. The summed E-state index contributed by atoms with van der Waals surface area (Å²) in [5.74, 6) is -7.87. The maximum absolute atomic E-state index is 12.5. The molecule has 0 aromatic heterocycles. The third-order valence-electron chi connectivity index (χ3n) is 5.66. The Labute approximate surface area is 365 Å². The van der Waals surface area contributed by atoms with Crippen LogP contribution in [0.15, 0.2) is 18.2 Å². The molecule has 2 amide bonds. The summed E-state index contributed by atoms with van der Waals surface area (Å²) in [6, 6.07) is 5.29. The molecule has 4 N–H and O–H groups in total. The van der Waals surface area contributed by atoms with Crippen LogP contribution in [-0.4, -0.2) is 41.0 Å². The van der Waals surface area contributed by atoms with Crippen LogP contribution in [-0.2, 0) is 221 Å². The second-order valence-corrected chi connectivity index (χ2v) is 8.54. The summed E-state index contributed by atoms with van der Waals surface area (Å²) in [4.78, 5) is 47.9. The monoisotopic (exact) mass is 952 g/mol. The van der Waals surface area contributed by atoms with Crippen LogP contribution < -0.4 is 5.32 Å². The summed E-state index contributed by atoms with van der Waals surface area (Å²) >= 11 is 0. The van der Waals surface area contributed by atoms with Gasteiger partial charge in [-0.25, -0.2) is 0 Å². The summed E-state index contributed by atoms with van der Waals surface area (Å²) in [5.41, 5.74) is 9.10. The van der Waals surface area contributed by atoms with E-state index in [4.69, 9.17) is 5.73 Å². The molecule has 1 aliphatic rings. The SMILES string of the molecule is CNC(=O)C1CC(C(CC(=O)O)C([NH-])=O)c2ccc(C(C)(C)C)cc2C1C(=O)O.[CH3-].[Y].[Y].[Y].[Y].[Y].[Y]. The zero-order valence-corrected chi connectivity index (χ0v) is 38.5. The number of hydrogen-bond donors (Lipinski definition) is 3. The smallest absolute Gasteiger partial charge is 0.311 e. The first-order valence-electron chi connectivity index (χ1n) is 9.44. The molecular formula is C22H30N2O6Y6-2. The van der Waals surface area contributed by atoms with Gasteiger partial charge in [0, 0.05) is 209 Å². The Hall–Kier alpha value is 3.72. The van der Waals surface area contributed by atoms with Gasteiger partial charge in [0.25, 0.3) is 0 Å². The van der Waals surface area contributed by atoms with Crippen LogP contribution in [0.4, 0.5) is 0 Å². The molecule has 4 atom stereocenters. The van der Waals surface area contributed by atoms with Crippen molar-refractivity contribution < 1.29 is 226 Å². The van der Waals surface area contributed by atoms with Crippen molar-refractivity contribution in [3.8, 4) is 0 Å². The number of hydrogen-bond acceptors (Lipinski definition) is 4. The molecule has 0 saturated carbocycles. The van der Waals surface area contributed by atoms with Crippen molar-refractivity contribution >= 4 is 23.8 Å². The fraction of sp³-hybridized carbons (Fsp3) is 0.500. The van der Waals surface area contributed by atoms with Gasteiger partial charge in [0.05, 0.1) is 24.2 Å². The van der Waals surface area contributed by atoms with E-state index in [0.29, 0.717) is 11.1 Å². The van der Waals surface area contributed by atoms with Crippen molar-refractivity contribution in [3.05, 3.63) is 48.0 Å². The van der Waals surface area contributed by atoms with E-state index in [9.17, 15) is 29.4 Å². The van der Waals surface area contributed by atoms with Gasteiger partial charge in [-0.3, -0.25) is 14.4 Å². The summed E-state index contributed by atoms with van der Waals surface area (Å²) in [6.45, 7) is 5.92. The minimum atomic E-state index is -1.22. The predicted molar refractivity (Wildman–Crippen MR) is 112 cm³/mol. The summed E-state index contributed by atoms with van der Waals surface area (Å²) in [6.07, 6.45) is -0.563. The van der Waals surface area contributed by atoms with Crippen molar-refractivity contribution in [2.45, 2.75) is 50.9 Å². The van der Waals surface area contributed by atoms with E-state index in [0.717, 1.165) is 5.56 Å². The third kappa shape index (κ3) is 13.8. The average Bonchev–Trinajstić information content (AvgIpc) is 2.62. The molecule has 14 heteroatoms. The number of carbonyl (C=O) groups is 4. The first-order valence-corrected chi connectivity index (χ1v) is 9.44. The Morgan fingerprint density at radius 2 is 1.50 bits per heavy atom. The molecule has 0 heterocycles. The van der Waals surface area contributed by atoms with Gasteiger partial charge >= 0.3 is 11.9 Å². The van der Waals surface area contributed by atoms with Crippen LogP contribution in [0.3, 0.4) is 0 Å². The van der Waals surface area contributed by atoms with Gasteiger partial charge in [-0.05, 0) is 34.4 Å². The second kappa shape index (κ2) is 23.2. The van der Waals surface area contributed by atoms with E-state index in [1.807, 2.05) is 26.8 Å².